The van der Waals surface area contributed by atoms with E-state index in [1.807, 2.05) is 13.8 Å². The number of nitrogens with one attached hydrogen (secondary N) is 3. The molecule has 0 bridgehead atoms. The van der Waals surface area contributed by atoms with Gasteiger partial charge in [-0.2, -0.15) is 0 Å². The maximum Gasteiger partial charge on any atom is 0.407 e. The van der Waals surface area contributed by atoms with Gasteiger partial charge < -0.3 is 29.8 Å². The van der Waals surface area contributed by atoms with Crippen LogP contribution in [0, 0.1) is 18.7 Å². The van der Waals surface area contributed by atoms with E-state index in [0.717, 1.165) is 6.20 Å². The predicted octanol–water partition coefficient (Wildman–Crippen LogP) is 2.90. The van der Waals surface area contributed by atoms with Gasteiger partial charge in [-0.25, -0.2) is 19.2 Å². The van der Waals surface area contributed by atoms with Crippen LogP contribution in [0.1, 0.15) is 43.8 Å². The third-order valence-electron chi connectivity index (χ3n) is 6.30. The molecule has 0 fully saturated rings. The molecule has 0 spiro atoms. The highest BCUT2D eigenvalue weighted by Crippen LogP contribution is 2.21. The van der Waals surface area contributed by atoms with Crippen molar-refractivity contribution in [1.29, 1.82) is 0 Å². The van der Waals surface area contributed by atoms with Crippen LogP contribution in [-0.4, -0.2) is 69.6 Å². The first-order valence-electron chi connectivity index (χ1n) is 13.2. The van der Waals surface area contributed by atoms with E-state index in [1.165, 1.54) is 28.7 Å². The molecule has 220 valence electrons. The summed E-state index contributed by atoms with van der Waals surface area (Å²) in [5.41, 5.74) is 1.41. The fourth-order valence-corrected chi connectivity index (χ4v) is 4.10. The third kappa shape index (κ3) is 7.99. The number of H-pyrrole nitrogens is 1. The van der Waals surface area contributed by atoms with Crippen molar-refractivity contribution in [2.45, 2.75) is 52.6 Å². The maximum absolute atomic E-state index is 14.5. The Hall–Kier alpha value is -4.55. The molecule has 3 N–H and O–H groups in total. The number of aromatic amines is 1. The number of alkyl carbamates (subject to hydrolysis) is 1. The summed E-state index contributed by atoms with van der Waals surface area (Å²) in [5, 5.41) is 5.05. The zero-order chi connectivity index (χ0) is 30.3. The van der Waals surface area contributed by atoms with E-state index in [2.05, 4.69) is 30.3 Å². The van der Waals surface area contributed by atoms with Crippen molar-refractivity contribution in [1.82, 2.24) is 29.7 Å². The second kappa shape index (κ2) is 13.7. The molecule has 0 saturated heterocycles. The molecule has 3 amide bonds. The molecule has 3 heterocycles. The Labute approximate surface area is 237 Å². The monoisotopic (exact) mass is 569 g/mol. The number of pyridine rings is 2. The number of anilines is 1. The van der Waals surface area contributed by atoms with Gasteiger partial charge in [-0.3, -0.25) is 14.4 Å². The number of aryl methyl sites for hydroxylation is 1. The molecule has 13 heteroatoms. The minimum Gasteiger partial charge on any atom is -0.453 e. The Morgan fingerprint density at radius 2 is 1.98 bits per heavy atom. The van der Waals surface area contributed by atoms with Crippen molar-refractivity contribution in [3.05, 3.63) is 63.7 Å². The number of fused-ring (bicyclic) bond motifs is 1. The topological polar surface area (TPSA) is 151 Å². The first-order chi connectivity index (χ1) is 19.4. The number of carbonyl (C=O) groups excluding carboxylic acids is 3. The number of aromatic nitrogens is 4. The highest BCUT2D eigenvalue weighted by molar-refractivity contribution is 5.96. The van der Waals surface area contributed by atoms with Crippen LogP contribution in [0.25, 0.3) is 11.2 Å². The summed E-state index contributed by atoms with van der Waals surface area (Å²) < 4.78 is 20.5. The fraction of sp³-hybridized carbons (Fsp3) is 0.429. The highest BCUT2D eigenvalue weighted by Gasteiger charge is 2.22. The largest absolute Gasteiger partial charge is 0.453 e. The average molecular weight is 570 g/mol. The van der Waals surface area contributed by atoms with Gasteiger partial charge in [-0.15, -0.1) is 0 Å². The minimum absolute atomic E-state index is 0.00336. The van der Waals surface area contributed by atoms with Gasteiger partial charge in [0.1, 0.15) is 28.9 Å². The van der Waals surface area contributed by atoms with E-state index < -0.39 is 29.4 Å². The fourth-order valence-electron chi connectivity index (χ4n) is 4.10. The molecule has 0 saturated carbocycles. The van der Waals surface area contributed by atoms with Crippen molar-refractivity contribution < 1.29 is 23.5 Å². The van der Waals surface area contributed by atoms with Crippen molar-refractivity contribution in [3.63, 3.8) is 0 Å². The van der Waals surface area contributed by atoms with E-state index >= 15 is 0 Å². The van der Waals surface area contributed by atoms with E-state index in [9.17, 15) is 23.6 Å². The molecule has 0 aliphatic carbocycles. The number of rotatable bonds is 11. The number of amides is 3. The number of nitrogens with zero attached hydrogens (tertiary/aromatic N) is 4. The molecule has 0 aromatic carbocycles. The number of allylic oxidation sites excluding steroid dienone is 1. The minimum atomic E-state index is -1.04. The molecular formula is C28H36FN7O5. The number of hydrogen-bond acceptors (Lipinski definition) is 7. The zero-order valence-electron chi connectivity index (χ0n) is 24.1. The van der Waals surface area contributed by atoms with E-state index in [1.54, 1.807) is 33.2 Å². The molecule has 3 aromatic rings. The Morgan fingerprint density at radius 3 is 2.63 bits per heavy atom. The summed E-state index contributed by atoms with van der Waals surface area (Å²) in [7, 11) is 4.41. The number of carbonyl (C=O) groups is 3. The lowest BCUT2D eigenvalue weighted by molar-refractivity contribution is -0.123. The number of halogens is 1. The maximum atomic E-state index is 14.5. The van der Waals surface area contributed by atoms with Crippen LogP contribution in [0.15, 0.2) is 35.3 Å². The quantitative estimate of drug-likeness (QED) is 0.300. The van der Waals surface area contributed by atoms with E-state index in [4.69, 9.17) is 0 Å². The highest BCUT2D eigenvalue weighted by atomic mass is 19.1. The standard InChI is InChI=1S/C28H36FN7O5/c1-16(2)13-18-19(29)14-30-25-24(18)33-22(34-25)15-36-17(3)11-12-21(27(36)39)31-26(38)20(32-28(40)41-6)9-7-8-10-23(37)35(4)5/h8,10-12,14,16,20H,7,9,13,15H2,1-6H3,(H,31,38)(H,32,40)(H,30,33,34). The van der Waals surface area contributed by atoms with Crippen molar-refractivity contribution in [3.8, 4) is 0 Å². The second-order valence-corrected chi connectivity index (χ2v) is 10.2. The van der Waals surface area contributed by atoms with Crippen LogP contribution in [0.5, 0.6) is 0 Å². The van der Waals surface area contributed by atoms with Gasteiger partial charge in [0.15, 0.2) is 5.65 Å². The lowest BCUT2D eigenvalue weighted by Crippen LogP contribution is -2.44. The van der Waals surface area contributed by atoms with Crippen LogP contribution in [0.3, 0.4) is 0 Å². The first kappa shape index (κ1) is 31.0. The Bertz CT molecular complexity index is 1510. The van der Waals surface area contributed by atoms with Crippen LogP contribution in [0.2, 0.25) is 0 Å². The number of likely N-dealkylation sites (N-methyl/N-ethyl adjacent to an activating group) is 1. The Balaban J connectivity index is 1.83. The van der Waals surface area contributed by atoms with Crippen LogP contribution >= 0.6 is 0 Å². The van der Waals surface area contributed by atoms with Gasteiger partial charge in [-0.05, 0) is 50.3 Å². The number of hydrogen-bond donors (Lipinski definition) is 3. The first-order valence-corrected chi connectivity index (χ1v) is 13.2. The van der Waals surface area contributed by atoms with Crippen molar-refractivity contribution in [2.75, 3.05) is 26.5 Å². The summed E-state index contributed by atoms with van der Waals surface area (Å²) in [6.07, 6.45) is 4.26. The average Bonchev–Trinajstić information content (AvgIpc) is 3.34. The number of ether oxygens (including phenoxy) is 1. The van der Waals surface area contributed by atoms with Gasteiger partial charge in [0, 0.05) is 25.4 Å². The SMILES string of the molecule is COC(=O)NC(CCC=CC(=O)N(C)C)C(=O)Nc1ccc(C)n(Cc2nc3c(CC(C)C)c(F)cnc3[nH]2)c1=O. The van der Waals surface area contributed by atoms with Crippen LogP contribution in [0.4, 0.5) is 14.9 Å². The van der Waals surface area contributed by atoms with Crippen LogP contribution in [-0.2, 0) is 27.3 Å². The Morgan fingerprint density at radius 1 is 1.24 bits per heavy atom. The molecule has 0 aliphatic heterocycles. The van der Waals surface area contributed by atoms with Gasteiger partial charge in [0.05, 0.1) is 19.9 Å². The smallest absolute Gasteiger partial charge is 0.407 e. The summed E-state index contributed by atoms with van der Waals surface area (Å²) >= 11 is 0. The molecule has 12 nitrogen and oxygen atoms in total. The molecule has 1 unspecified atom stereocenters. The normalized spacial score (nSPS) is 12.1. The van der Waals surface area contributed by atoms with E-state index in [-0.39, 0.29) is 30.5 Å². The van der Waals surface area contributed by atoms with Gasteiger partial charge >= 0.3 is 6.09 Å². The summed E-state index contributed by atoms with van der Waals surface area (Å²) in [6.45, 7) is 5.73. The Kier molecular flexibility index (Phi) is 10.3. The molecule has 3 rings (SSSR count). The van der Waals surface area contributed by atoms with Gasteiger partial charge in [0.25, 0.3) is 5.56 Å². The lowest BCUT2D eigenvalue weighted by atomic mass is 10.0. The van der Waals surface area contributed by atoms with Gasteiger partial charge in [-0.1, -0.05) is 19.9 Å². The number of methoxy groups -OCH3 is 1. The van der Waals surface area contributed by atoms with Gasteiger partial charge in [0.2, 0.25) is 11.8 Å². The summed E-state index contributed by atoms with van der Waals surface area (Å²) in [4.78, 5) is 63.2. The predicted molar refractivity (Wildman–Crippen MR) is 152 cm³/mol. The molecule has 1 atom stereocenters. The van der Waals surface area contributed by atoms with Crippen molar-refractivity contribution >= 4 is 34.8 Å². The van der Waals surface area contributed by atoms with Crippen molar-refractivity contribution in [2.24, 2.45) is 5.92 Å². The molecule has 0 aliphatic rings. The molecule has 0 radical (unpaired) electrons. The third-order valence-corrected chi connectivity index (χ3v) is 6.30. The van der Waals surface area contributed by atoms with E-state index in [0.29, 0.717) is 41.1 Å². The molecule has 41 heavy (non-hydrogen) atoms. The summed E-state index contributed by atoms with van der Waals surface area (Å²) in [6, 6.07) is 2.11. The number of imidazole rings is 1. The molecule has 3 aromatic heterocycles. The van der Waals surface area contributed by atoms with Crippen LogP contribution < -0.4 is 16.2 Å². The lowest BCUT2D eigenvalue weighted by Gasteiger charge is -2.18. The summed E-state index contributed by atoms with van der Waals surface area (Å²) in [5.74, 6) is -0.668. The molecular weight excluding hydrogens is 533 g/mol. The zero-order valence-corrected chi connectivity index (χ0v) is 24.1. The second-order valence-electron chi connectivity index (χ2n) is 10.2.